The van der Waals surface area contributed by atoms with E-state index in [0.717, 1.165) is 25.7 Å². The van der Waals surface area contributed by atoms with Crippen LogP contribution in [0.15, 0.2) is 9.32 Å². The lowest BCUT2D eigenvalue weighted by Gasteiger charge is -2.37. The quantitative estimate of drug-likeness (QED) is 0.654. The molecule has 1 saturated carbocycles. The van der Waals surface area contributed by atoms with Crippen molar-refractivity contribution in [3.8, 4) is 0 Å². The molecular formula is C22H32N4O6. The van der Waals surface area contributed by atoms with Crippen LogP contribution in [-0.4, -0.2) is 42.8 Å². The monoisotopic (exact) mass is 448 g/mol. The first-order valence-electron chi connectivity index (χ1n) is 11.2. The van der Waals surface area contributed by atoms with Crippen LogP contribution >= 0.6 is 0 Å². The average molecular weight is 449 g/mol. The van der Waals surface area contributed by atoms with Gasteiger partial charge in [-0.1, -0.05) is 24.4 Å². The third-order valence-electron chi connectivity index (χ3n) is 6.87. The van der Waals surface area contributed by atoms with Crippen molar-refractivity contribution in [2.45, 2.75) is 83.1 Å². The van der Waals surface area contributed by atoms with Crippen LogP contribution in [0.5, 0.6) is 0 Å². The molecule has 2 aromatic heterocycles. The fraction of sp³-hybridized carbons (Fsp3) is 0.682. The van der Waals surface area contributed by atoms with Gasteiger partial charge in [-0.15, -0.1) is 0 Å². The molecule has 10 heteroatoms. The molecule has 2 aliphatic rings. The molecule has 32 heavy (non-hydrogen) atoms. The molecule has 2 aromatic rings. The normalized spacial score (nSPS) is 26.9. The van der Waals surface area contributed by atoms with Gasteiger partial charge >= 0.3 is 0 Å². The van der Waals surface area contributed by atoms with Crippen molar-refractivity contribution in [2.24, 2.45) is 7.05 Å². The van der Waals surface area contributed by atoms with Crippen LogP contribution in [0, 0.1) is 13.8 Å². The number of ether oxygens (including phenoxy) is 1. The van der Waals surface area contributed by atoms with E-state index in [4.69, 9.17) is 9.26 Å². The van der Waals surface area contributed by atoms with Gasteiger partial charge in [-0.2, -0.15) is 0 Å². The molecule has 1 saturated heterocycles. The van der Waals surface area contributed by atoms with E-state index in [9.17, 15) is 19.8 Å². The van der Waals surface area contributed by atoms with Crippen LogP contribution in [0.2, 0.25) is 0 Å². The second kappa shape index (κ2) is 8.17. The standard InChI is InChI=1S/C22H32N4O6/c1-13-16(24-32-18(13)22(30)11-10-21(3,29)12-31-22)19(27)23-17-14(2)25(4)26(20(17)28)15-8-6-5-7-9-15/h15,29-30H,5-12H2,1-4H3,(H,23,27)/t21-,22+/m0/s1. The highest BCUT2D eigenvalue weighted by atomic mass is 16.6. The van der Waals surface area contributed by atoms with Crippen LogP contribution in [0.1, 0.15) is 85.4 Å². The molecule has 176 valence electrons. The van der Waals surface area contributed by atoms with Gasteiger partial charge in [0.2, 0.25) is 5.79 Å². The molecule has 0 radical (unpaired) electrons. The van der Waals surface area contributed by atoms with Crippen molar-refractivity contribution in [3.05, 3.63) is 33.1 Å². The van der Waals surface area contributed by atoms with E-state index in [1.165, 1.54) is 6.42 Å². The summed E-state index contributed by atoms with van der Waals surface area (Å²) in [6.07, 6.45) is 5.65. The zero-order valence-corrected chi connectivity index (χ0v) is 19.1. The Balaban J connectivity index is 1.58. The zero-order valence-electron chi connectivity index (χ0n) is 19.1. The SMILES string of the molecule is Cc1c(C(=O)Nc2c(C)n(C)n(C3CCCCC3)c2=O)noc1[C@@]1(O)CC[C@](C)(O)CO1. The lowest BCUT2D eigenvalue weighted by atomic mass is 9.91. The Labute approximate surface area is 186 Å². The van der Waals surface area contributed by atoms with Gasteiger partial charge < -0.3 is 24.8 Å². The number of nitrogens with zero attached hydrogens (tertiary/aromatic N) is 3. The number of carbonyl (C=O) groups excluding carboxylic acids is 1. The van der Waals surface area contributed by atoms with Crippen molar-refractivity contribution in [2.75, 3.05) is 11.9 Å². The first-order valence-corrected chi connectivity index (χ1v) is 11.2. The number of carbonyl (C=O) groups is 1. The van der Waals surface area contributed by atoms with Crippen LogP contribution in [-0.2, 0) is 17.6 Å². The van der Waals surface area contributed by atoms with E-state index in [2.05, 4.69) is 10.5 Å². The number of hydrogen-bond acceptors (Lipinski definition) is 7. The Morgan fingerprint density at radius 2 is 1.88 bits per heavy atom. The van der Waals surface area contributed by atoms with E-state index >= 15 is 0 Å². The molecule has 3 heterocycles. The van der Waals surface area contributed by atoms with Crippen LogP contribution < -0.4 is 10.9 Å². The number of nitrogens with one attached hydrogen (secondary N) is 1. The fourth-order valence-electron chi connectivity index (χ4n) is 4.73. The van der Waals surface area contributed by atoms with Crippen molar-refractivity contribution in [1.82, 2.24) is 14.5 Å². The van der Waals surface area contributed by atoms with Crippen molar-refractivity contribution in [3.63, 3.8) is 0 Å². The summed E-state index contributed by atoms with van der Waals surface area (Å²) in [4.78, 5) is 26.1. The molecule has 1 aliphatic carbocycles. The third kappa shape index (κ3) is 3.91. The van der Waals surface area contributed by atoms with Crippen molar-refractivity contribution in [1.29, 1.82) is 0 Å². The lowest BCUT2D eigenvalue weighted by molar-refractivity contribution is -0.280. The molecule has 1 aliphatic heterocycles. The minimum atomic E-state index is -1.77. The Morgan fingerprint density at radius 3 is 2.50 bits per heavy atom. The molecule has 1 amide bonds. The first-order chi connectivity index (χ1) is 15.0. The summed E-state index contributed by atoms with van der Waals surface area (Å²) in [6.45, 7) is 4.95. The van der Waals surface area contributed by atoms with E-state index in [1.807, 2.05) is 7.05 Å². The number of hydrogen-bond donors (Lipinski definition) is 3. The topological polar surface area (TPSA) is 132 Å². The van der Waals surface area contributed by atoms with Crippen molar-refractivity contribution >= 4 is 11.6 Å². The Bertz CT molecular complexity index is 1060. The zero-order chi connectivity index (χ0) is 23.3. The van der Waals surface area contributed by atoms with Gasteiger partial charge in [0.25, 0.3) is 11.5 Å². The molecule has 2 fully saturated rings. The fourth-order valence-corrected chi connectivity index (χ4v) is 4.73. The van der Waals surface area contributed by atoms with E-state index < -0.39 is 17.3 Å². The smallest absolute Gasteiger partial charge is 0.291 e. The molecule has 10 nitrogen and oxygen atoms in total. The van der Waals surface area contributed by atoms with Crippen LogP contribution in [0.25, 0.3) is 0 Å². The number of amides is 1. The largest absolute Gasteiger partial charge is 0.388 e. The molecule has 0 unspecified atom stereocenters. The maximum Gasteiger partial charge on any atom is 0.291 e. The number of anilines is 1. The van der Waals surface area contributed by atoms with E-state index in [0.29, 0.717) is 17.7 Å². The molecule has 3 N–H and O–H groups in total. The summed E-state index contributed by atoms with van der Waals surface area (Å²) in [5.41, 5.74) is -0.0943. The first kappa shape index (κ1) is 22.8. The number of rotatable bonds is 4. The molecule has 0 bridgehead atoms. The van der Waals surface area contributed by atoms with Gasteiger partial charge in [0.05, 0.1) is 23.9 Å². The highest BCUT2D eigenvalue weighted by Crippen LogP contribution is 2.38. The summed E-state index contributed by atoms with van der Waals surface area (Å²) in [5.74, 6) is -2.33. The predicted octanol–water partition coefficient (Wildman–Crippen LogP) is 2.26. The highest BCUT2D eigenvalue weighted by Gasteiger charge is 2.45. The van der Waals surface area contributed by atoms with E-state index in [-0.39, 0.29) is 41.8 Å². The summed E-state index contributed by atoms with van der Waals surface area (Å²) in [5, 5.41) is 27.5. The van der Waals surface area contributed by atoms with Gasteiger partial charge in [-0.3, -0.25) is 14.3 Å². The minimum Gasteiger partial charge on any atom is -0.388 e. The molecule has 2 atom stereocenters. The maximum atomic E-state index is 13.1. The van der Waals surface area contributed by atoms with Crippen LogP contribution in [0.4, 0.5) is 5.69 Å². The molecule has 0 spiro atoms. The number of aromatic nitrogens is 3. The summed E-state index contributed by atoms with van der Waals surface area (Å²) >= 11 is 0. The lowest BCUT2D eigenvalue weighted by Crippen LogP contribution is -2.45. The summed E-state index contributed by atoms with van der Waals surface area (Å²) < 4.78 is 14.3. The third-order valence-corrected chi connectivity index (χ3v) is 6.87. The molecule has 4 rings (SSSR count). The molecular weight excluding hydrogens is 416 g/mol. The van der Waals surface area contributed by atoms with Gasteiger partial charge in [0.1, 0.15) is 5.69 Å². The summed E-state index contributed by atoms with van der Waals surface area (Å²) in [6, 6.07) is 0.126. The Morgan fingerprint density at radius 1 is 1.19 bits per heavy atom. The van der Waals surface area contributed by atoms with E-state index in [1.54, 1.807) is 30.1 Å². The maximum absolute atomic E-state index is 13.1. The minimum absolute atomic E-state index is 0.0266. The average Bonchev–Trinajstić information content (AvgIpc) is 3.25. The predicted molar refractivity (Wildman–Crippen MR) is 115 cm³/mol. The highest BCUT2D eigenvalue weighted by molar-refractivity contribution is 6.04. The van der Waals surface area contributed by atoms with Crippen molar-refractivity contribution < 1.29 is 24.3 Å². The van der Waals surface area contributed by atoms with Crippen LogP contribution in [0.3, 0.4) is 0 Å². The Kier molecular flexibility index (Phi) is 5.81. The van der Waals surface area contributed by atoms with Gasteiger partial charge in [-0.25, -0.2) is 4.68 Å². The number of aliphatic hydroxyl groups is 2. The van der Waals surface area contributed by atoms with Gasteiger partial charge in [0.15, 0.2) is 11.5 Å². The van der Waals surface area contributed by atoms with Gasteiger partial charge in [0, 0.05) is 19.0 Å². The second-order valence-corrected chi connectivity index (χ2v) is 9.43. The van der Waals surface area contributed by atoms with Gasteiger partial charge in [-0.05, 0) is 40.0 Å². The summed E-state index contributed by atoms with van der Waals surface area (Å²) in [7, 11) is 1.82. The Hall–Kier alpha value is -2.43. The molecule has 0 aromatic carbocycles. The second-order valence-electron chi connectivity index (χ2n) is 9.43.